The van der Waals surface area contributed by atoms with Gasteiger partial charge < -0.3 is 0 Å². The Morgan fingerprint density at radius 1 is 1.50 bits per heavy atom. The van der Waals surface area contributed by atoms with Crippen LogP contribution in [0.25, 0.3) is 0 Å². The number of nitrogens with zero attached hydrogens (tertiary/aromatic N) is 1. The summed E-state index contributed by atoms with van der Waals surface area (Å²) in [6.07, 6.45) is 0. The molecule has 2 aromatic heterocycles. The molecule has 0 aromatic carbocycles. The molecule has 14 heavy (non-hydrogen) atoms. The van der Waals surface area contributed by atoms with E-state index in [4.69, 9.17) is 5.84 Å². The zero-order valence-corrected chi connectivity index (χ0v) is 10.3. The van der Waals surface area contributed by atoms with E-state index < -0.39 is 0 Å². The lowest BCUT2D eigenvalue weighted by Crippen LogP contribution is -2.28. The molecule has 2 aromatic rings. The normalized spacial score (nSPS) is 13.0. The number of thiophene rings is 1. The Balaban J connectivity index is 2.31. The van der Waals surface area contributed by atoms with Gasteiger partial charge >= 0.3 is 0 Å². The number of hydrogen-bond acceptors (Lipinski definition) is 5. The second-order valence-electron chi connectivity index (χ2n) is 2.68. The van der Waals surface area contributed by atoms with Gasteiger partial charge in [-0.1, -0.05) is 0 Å². The maximum absolute atomic E-state index is 5.51. The Kier molecular flexibility index (Phi) is 3.30. The van der Waals surface area contributed by atoms with Crippen LogP contribution in [0.3, 0.4) is 0 Å². The van der Waals surface area contributed by atoms with Gasteiger partial charge in [0.1, 0.15) is 0 Å². The molecule has 0 bridgehead atoms. The number of thiazole rings is 1. The molecule has 0 radical (unpaired) electrons. The van der Waals surface area contributed by atoms with E-state index in [1.807, 2.05) is 16.3 Å². The van der Waals surface area contributed by atoms with Crippen LogP contribution in [-0.4, -0.2) is 4.98 Å². The standard InChI is InChI=1S/C8H8BrN3S2/c9-5-1-7(14-2-5)8(12-10)6-3-13-4-11-6/h1-4,8,12H,10H2. The molecule has 2 heterocycles. The summed E-state index contributed by atoms with van der Waals surface area (Å²) in [4.78, 5) is 5.40. The summed E-state index contributed by atoms with van der Waals surface area (Å²) in [5.74, 6) is 5.51. The minimum absolute atomic E-state index is 0.00227. The van der Waals surface area contributed by atoms with Crippen molar-refractivity contribution >= 4 is 38.6 Å². The molecule has 0 spiro atoms. The summed E-state index contributed by atoms with van der Waals surface area (Å²) in [7, 11) is 0. The van der Waals surface area contributed by atoms with Crippen LogP contribution in [0.15, 0.2) is 26.8 Å². The first kappa shape index (κ1) is 10.3. The van der Waals surface area contributed by atoms with Gasteiger partial charge in [0.15, 0.2) is 0 Å². The molecule has 0 saturated carbocycles. The zero-order valence-electron chi connectivity index (χ0n) is 7.11. The van der Waals surface area contributed by atoms with Gasteiger partial charge in [-0.2, -0.15) is 0 Å². The van der Waals surface area contributed by atoms with Gasteiger partial charge in [-0.25, -0.2) is 10.4 Å². The molecular weight excluding hydrogens is 282 g/mol. The Morgan fingerprint density at radius 3 is 2.86 bits per heavy atom. The molecule has 74 valence electrons. The predicted molar refractivity (Wildman–Crippen MR) is 63.3 cm³/mol. The van der Waals surface area contributed by atoms with Crippen molar-refractivity contribution in [3.8, 4) is 0 Å². The van der Waals surface area contributed by atoms with Gasteiger partial charge in [0.05, 0.1) is 17.2 Å². The second-order valence-corrected chi connectivity index (χ2v) is 5.26. The number of halogens is 1. The highest BCUT2D eigenvalue weighted by atomic mass is 79.9. The summed E-state index contributed by atoms with van der Waals surface area (Å²) in [5, 5.41) is 4.03. The Hall–Kier alpha value is -0.270. The van der Waals surface area contributed by atoms with Crippen LogP contribution < -0.4 is 11.3 Å². The summed E-state index contributed by atoms with van der Waals surface area (Å²) in [6, 6.07) is 2.05. The minimum atomic E-state index is -0.00227. The van der Waals surface area contributed by atoms with Crippen LogP contribution in [0.1, 0.15) is 16.6 Å². The monoisotopic (exact) mass is 289 g/mol. The molecule has 0 amide bonds. The quantitative estimate of drug-likeness (QED) is 0.674. The number of aromatic nitrogens is 1. The van der Waals surface area contributed by atoms with Crippen molar-refractivity contribution in [2.75, 3.05) is 0 Å². The van der Waals surface area contributed by atoms with Gasteiger partial charge in [0.2, 0.25) is 0 Å². The molecule has 3 nitrogen and oxygen atoms in total. The molecule has 1 atom stereocenters. The van der Waals surface area contributed by atoms with Crippen molar-refractivity contribution in [2.24, 2.45) is 5.84 Å². The van der Waals surface area contributed by atoms with Gasteiger partial charge in [-0.3, -0.25) is 5.84 Å². The van der Waals surface area contributed by atoms with E-state index in [1.54, 1.807) is 22.7 Å². The number of nitrogens with two attached hydrogens (primary N) is 1. The SMILES string of the molecule is NNC(c1cscn1)c1cc(Br)cs1. The van der Waals surface area contributed by atoms with Gasteiger partial charge in [0.25, 0.3) is 0 Å². The van der Waals surface area contributed by atoms with Crippen LogP contribution in [0.2, 0.25) is 0 Å². The third kappa shape index (κ3) is 2.04. The lowest BCUT2D eigenvalue weighted by molar-refractivity contribution is 0.633. The van der Waals surface area contributed by atoms with E-state index in [2.05, 4.69) is 32.4 Å². The van der Waals surface area contributed by atoms with Gasteiger partial charge in [-0.05, 0) is 22.0 Å². The fourth-order valence-corrected chi connectivity index (χ4v) is 3.25. The van der Waals surface area contributed by atoms with Crippen LogP contribution in [0.5, 0.6) is 0 Å². The lowest BCUT2D eigenvalue weighted by atomic mass is 10.2. The molecule has 0 saturated heterocycles. The molecule has 3 N–H and O–H groups in total. The van der Waals surface area contributed by atoms with E-state index in [9.17, 15) is 0 Å². The van der Waals surface area contributed by atoms with Crippen molar-refractivity contribution in [1.82, 2.24) is 10.4 Å². The summed E-state index contributed by atoms with van der Waals surface area (Å²) >= 11 is 6.64. The Morgan fingerprint density at radius 2 is 2.36 bits per heavy atom. The van der Waals surface area contributed by atoms with Crippen molar-refractivity contribution in [1.29, 1.82) is 0 Å². The summed E-state index contributed by atoms with van der Waals surface area (Å²) in [6.45, 7) is 0. The van der Waals surface area contributed by atoms with E-state index in [0.717, 1.165) is 15.0 Å². The smallest absolute Gasteiger partial charge is 0.0982 e. The Bertz CT molecular complexity index is 398. The molecule has 0 aliphatic carbocycles. The molecule has 0 fully saturated rings. The van der Waals surface area contributed by atoms with E-state index in [0.29, 0.717) is 0 Å². The summed E-state index contributed by atoms with van der Waals surface area (Å²) in [5.41, 5.74) is 5.54. The molecule has 2 rings (SSSR count). The van der Waals surface area contributed by atoms with Crippen LogP contribution >= 0.6 is 38.6 Å². The van der Waals surface area contributed by atoms with E-state index in [1.165, 1.54) is 0 Å². The predicted octanol–water partition coefficient (Wildman–Crippen LogP) is 2.52. The largest absolute Gasteiger partial charge is 0.270 e. The van der Waals surface area contributed by atoms with Crippen LogP contribution in [-0.2, 0) is 0 Å². The lowest BCUT2D eigenvalue weighted by Gasteiger charge is -2.10. The fourth-order valence-electron chi connectivity index (χ4n) is 1.16. The first-order valence-electron chi connectivity index (χ1n) is 3.89. The highest BCUT2D eigenvalue weighted by molar-refractivity contribution is 9.10. The topological polar surface area (TPSA) is 50.9 Å². The molecule has 6 heteroatoms. The highest BCUT2D eigenvalue weighted by Gasteiger charge is 2.15. The third-order valence-corrected chi connectivity index (χ3v) is 4.15. The zero-order chi connectivity index (χ0) is 9.97. The number of hydrazine groups is 1. The fraction of sp³-hybridized carbons (Fsp3) is 0.125. The van der Waals surface area contributed by atoms with Crippen molar-refractivity contribution in [3.05, 3.63) is 37.4 Å². The van der Waals surface area contributed by atoms with Crippen molar-refractivity contribution in [2.45, 2.75) is 6.04 Å². The number of hydrogen-bond donors (Lipinski definition) is 2. The third-order valence-electron chi connectivity index (χ3n) is 1.79. The maximum Gasteiger partial charge on any atom is 0.0982 e. The number of nitrogens with one attached hydrogen (secondary N) is 1. The van der Waals surface area contributed by atoms with Gasteiger partial charge in [0, 0.05) is 20.1 Å². The maximum atomic E-state index is 5.51. The number of rotatable bonds is 3. The first-order valence-corrected chi connectivity index (χ1v) is 6.51. The molecule has 0 aliphatic rings. The van der Waals surface area contributed by atoms with Crippen molar-refractivity contribution in [3.63, 3.8) is 0 Å². The molecule has 1 unspecified atom stereocenters. The highest BCUT2D eigenvalue weighted by Crippen LogP contribution is 2.29. The van der Waals surface area contributed by atoms with Crippen molar-refractivity contribution < 1.29 is 0 Å². The molecular formula is C8H8BrN3S2. The Labute approximate surface area is 98.1 Å². The molecule has 0 aliphatic heterocycles. The minimum Gasteiger partial charge on any atom is -0.270 e. The van der Waals surface area contributed by atoms with E-state index >= 15 is 0 Å². The van der Waals surface area contributed by atoms with E-state index in [-0.39, 0.29) is 6.04 Å². The second kappa shape index (κ2) is 4.50. The van der Waals surface area contributed by atoms with Crippen LogP contribution in [0, 0.1) is 0 Å². The average Bonchev–Trinajstić information content (AvgIpc) is 2.79. The van der Waals surface area contributed by atoms with Gasteiger partial charge in [-0.15, -0.1) is 22.7 Å². The average molecular weight is 290 g/mol. The summed E-state index contributed by atoms with van der Waals surface area (Å²) < 4.78 is 1.08. The van der Waals surface area contributed by atoms with Crippen LogP contribution in [0.4, 0.5) is 0 Å². The first-order chi connectivity index (χ1) is 6.81.